The Morgan fingerprint density at radius 2 is 2.07 bits per heavy atom. The van der Waals surface area contributed by atoms with Crippen LogP contribution in [0.25, 0.3) is 11.5 Å². The van der Waals surface area contributed by atoms with Crippen molar-refractivity contribution in [2.75, 3.05) is 38.9 Å². The fraction of sp³-hybridized carbons (Fsp3) is 0.471. The first-order chi connectivity index (χ1) is 13.3. The zero-order chi connectivity index (χ0) is 20.3. The SMILES string of the molecule is COc1ccc(OC)c(-c2nnc(NC(=O)C3CCCN(S(C)(=O)=O)C3)o2)c1. The molecule has 28 heavy (non-hydrogen) atoms. The summed E-state index contributed by atoms with van der Waals surface area (Å²) in [5, 5.41) is 10.4. The maximum absolute atomic E-state index is 12.5. The highest BCUT2D eigenvalue weighted by atomic mass is 32.2. The summed E-state index contributed by atoms with van der Waals surface area (Å²) < 4.78 is 40.8. The Bertz CT molecular complexity index is 958. The van der Waals surface area contributed by atoms with Gasteiger partial charge in [-0.05, 0) is 31.0 Å². The summed E-state index contributed by atoms with van der Waals surface area (Å²) in [4.78, 5) is 12.5. The van der Waals surface area contributed by atoms with E-state index in [9.17, 15) is 13.2 Å². The fourth-order valence-electron chi connectivity index (χ4n) is 3.03. The van der Waals surface area contributed by atoms with Gasteiger partial charge >= 0.3 is 6.01 Å². The number of hydrogen-bond donors (Lipinski definition) is 1. The predicted molar refractivity (Wildman–Crippen MR) is 101 cm³/mol. The van der Waals surface area contributed by atoms with Crippen molar-refractivity contribution in [1.29, 1.82) is 0 Å². The molecule has 1 aliphatic heterocycles. The largest absolute Gasteiger partial charge is 0.497 e. The number of aromatic nitrogens is 2. The number of methoxy groups -OCH3 is 2. The van der Waals surface area contributed by atoms with Gasteiger partial charge in [0.1, 0.15) is 11.5 Å². The summed E-state index contributed by atoms with van der Waals surface area (Å²) in [6, 6.07) is 5.06. The monoisotopic (exact) mass is 410 g/mol. The first-order valence-corrected chi connectivity index (χ1v) is 10.5. The molecule has 1 unspecified atom stereocenters. The molecule has 1 N–H and O–H groups in total. The minimum absolute atomic E-state index is 0.0682. The highest BCUT2D eigenvalue weighted by Gasteiger charge is 2.31. The quantitative estimate of drug-likeness (QED) is 0.757. The summed E-state index contributed by atoms with van der Waals surface area (Å²) in [5.74, 6) is 0.417. The van der Waals surface area contributed by atoms with E-state index in [0.29, 0.717) is 36.4 Å². The number of carbonyl (C=O) groups excluding carboxylic acids is 1. The van der Waals surface area contributed by atoms with E-state index in [1.165, 1.54) is 18.5 Å². The molecule has 3 rings (SSSR count). The Labute approximate surface area is 162 Å². The summed E-state index contributed by atoms with van der Waals surface area (Å²) in [5.41, 5.74) is 0.524. The van der Waals surface area contributed by atoms with Gasteiger partial charge in [-0.3, -0.25) is 10.1 Å². The zero-order valence-electron chi connectivity index (χ0n) is 15.8. The minimum atomic E-state index is -3.34. The van der Waals surface area contributed by atoms with Gasteiger partial charge in [0, 0.05) is 13.1 Å². The number of hydrogen-bond acceptors (Lipinski definition) is 8. The summed E-state index contributed by atoms with van der Waals surface area (Å²) in [7, 11) is -0.284. The van der Waals surface area contributed by atoms with Crippen LogP contribution in [-0.2, 0) is 14.8 Å². The number of rotatable bonds is 6. The minimum Gasteiger partial charge on any atom is -0.497 e. The molecular formula is C17H22N4O6S. The molecule has 0 bridgehead atoms. The Morgan fingerprint density at radius 3 is 2.75 bits per heavy atom. The number of ether oxygens (including phenoxy) is 2. The Balaban J connectivity index is 1.74. The second-order valence-corrected chi connectivity index (χ2v) is 8.41. The van der Waals surface area contributed by atoms with Crippen molar-refractivity contribution in [1.82, 2.24) is 14.5 Å². The van der Waals surface area contributed by atoms with Gasteiger partial charge in [0.05, 0.1) is 32.0 Å². The van der Waals surface area contributed by atoms with Crippen LogP contribution in [0.4, 0.5) is 6.01 Å². The van der Waals surface area contributed by atoms with Crippen LogP contribution in [0.3, 0.4) is 0 Å². The van der Waals surface area contributed by atoms with Gasteiger partial charge in [-0.25, -0.2) is 12.7 Å². The molecule has 1 atom stereocenters. The van der Waals surface area contributed by atoms with Crippen molar-refractivity contribution in [3.63, 3.8) is 0 Å². The van der Waals surface area contributed by atoms with Crippen molar-refractivity contribution in [2.45, 2.75) is 12.8 Å². The van der Waals surface area contributed by atoms with Crippen LogP contribution in [0.5, 0.6) is 11.5 Å². The van der Waals surface area contributed by atoms with E-state index in [4.69, 9.17) is 13.9 Å². The number of benzene rings is 1. The van der Waals surface area contributed by atoms with Gasteiger partial charge in [0.25, 0.3) is 5.89 Å². The lowest BCUT2D eigenvalue weighted by molar-refractivity contribution is -0.121. The lowest BCUT2D eigenvalue weighted by atomic mass is 9.99. The standard InChI is InChI=1S/C17H22N4O6S/c1-25-12-6-7-14(26-2)13(9-12)16-19-20-17(27-16)18-15(22)11-5-4-8-21(10-11)28(3,23)24/h6-7,9,11H,4-5,8,10H2,1-3H3,(H,18,20,22). The molecule has 2 aromatic rings. The first-order valence-electron chi connectivity index (χ1n) is 8.63. The molecule has 1 fully saturated rings. The molecule has 152 valence electrons. The van der Waals surface area contributed by atoms with E-state index in [-0.39, 0.29) is 24.4 Å². The third kappa shape index (κ3) is 4.42. The van der Waals surface area contributed by atoms with E-state index in [1.807, 2.05) is 0 Å². The van der Waals surface area contributed by atoms with Gasteiger partial charge in [0.15, 0.2) is 0 Å². The summed E-state index contributed by atoms with van der Waals surface area (Å²) in [6.45, 7) is 0.554. The van der Waals surface area contributed by atoms with Gasteiger partial charge < -0.3 is 13.9 Å². The number of nitrogens with one attached hydrogen (secondary N) is 1. The average molecular weight is 410 g/mol. The molecule has 1 saturated heterocycles. The highest BCUT2D eigenvalue weighted by Crippen LogP contribution is 2.33. The smallest absolute Gasteiger partial charge is 0.322 e. The van der Waals surface area contributed by atoms with E-state index < -0.39 is 15.9 Å². The Kier molecular flexibility index (Phi) is 5.84. The number of amides is 1. The summed E-state index contributed by atoms with van der Waals surface area (Å²) in [6.07, 6.45) is 2.34. The van der Waals surface area contributed by atoms with E-state index in [0.717, 1.165) is 6.26 Å². The average Bonchev–Trinajstić information content (AvgIpc) is 3.15. The normalized spacial score (nSPS) is 17.9. The van der Waals surface area contributed by atoms with Gasteiger partial charge in [-0.1, -0.05) is 5.10 Å². The molecule has 2 heterocycles. The Hall–Kier alpha value is -2.66. The van der Waals surface area contributed by atoms with Crippen molar-refractivity contribution in [2.24, 2.45) is 5.92 Å². The fourth-order valence-corrected chi connectivity index (χ4v) is 3.94. The van der Waals surface area contributed by atoms with Crippen LogP contribution < -0.4 is 14.8 Å². The zero-order valence-corrected chi connectivity index (χ0v) is 16.7. The molecule has 11 heteroatoms. The van der Waals surface area contributed by atoms with E-state index >= 15 is 0 Å². The number of sulfonamides is 1. The van der Waals surface area contributed by atoms with Gasteiger partial charge in [-0.15, -0.1) is 5.10 Å². The Morgan fingerprint density at radius 1 is 1.29 bits per heavy atom. The molecule has 1 aliphatic rings. The number of carbonyl (C=O) groups is 1. The van der Waals surface area contributed by atoms with Gasteiger partial charge in [-0.2, -0.15) is 0 Å². The van der Waals surface area contributed by atoms with Crippen molar-refractivity contribution in [3.05, 3.63) is 18.2 Å². The molecule has 0 aliphatic carbocycles. The molecule has 1 amide bonds. The lowest BCUT2D eigenvalue weighted by Gasteiger charge is -2.29. The molecule has 0 saturated carbocycles. The number of nitrogens with zero attached hydrogens (tertiary/aromatic N) is 3. The van der Waals surface area contributed by atoms with E-state index in [2.05, 4.69) is 15.5 Å². The molecule has 0 radical (unpaired) electrons. The number of piperidine rings is 1. The topological polar surface area (TPSA) is 124 Å². The van der Waals surface area contributed by atoms with Crippen LogP contribution >= 0.6 is 0 Å². The van der Waals surface area contributed by atoms with Crippen molar-refractivity contribution < 1.29 is 27.1 Å². The predicted octanol–water partition coefficient (Wildman–Crippen LogP) is 1.36. The van der Waals surface area contributed by atoms with Crippen molar-refractivity contribution >= 4 is 21.9 Å². The molecule has 0 spiro atoms. The third-order valence-corrected chi connectivity index (χ3v) is 5.79. The maximum atomic E-state index is 12.5. The van der Waals surface area contributed by atoms with Gasteiger partial charge in [0.2, 0.25) is 15.9 Å². The van der Waals surface area contributed by atoms with E-state index in [1.54, 1.807) is 18.2 Å². The maximum Gasteiger partial charge on any atom is 0.322 e. The third-order valence-electron chi connectivity index (χ3n) is 4.52. The number of anilines is 1. The highest BCUT2D eigenvalue weighted by molar-refractivity contribution is 7.88. The molecule has 1 aromatic heterocycles. The second kappa shape index (κ2) is 8.15. The first kappa shape index (κ1) is 20.1. The van der Waals surface area contributed by atoms with Crippen LogP contribution in [0, 0.1) is 5.92 Å². The van der Waals surface area contributed by atoms with Crippen molar-refractivity contribution in [3.8, 4) is 23.0 Å². The molecule has 1 aromatic carbocycles. The summed E-state index contributed by atoms with van der Waals surface area (Å²) >= 11 is 0. The van der Waals surface area contributed by atoms with Crippen LogP contribution in [0.15, 0.2) is 22.6 Å². The second-order valence-electron chi connectivity index (χ2n) is 6.43. The van der Waals surface area contributed by atoms with Crippen LogP contribution in [0.1, 0.15) is 12.8 Å². The van der Waals surface area contributed by atoms with Crippen LogP contribution in [-0.4, -0.2) is 62.4 Å². The molecular weight excluding hydrogens is 388 g/mol. The lowest BCUT2D eigenvalue weighted by Crippen LogP contribution is -2.43. The van der Waals surface area contributed by atoms with Crippen LogP contribution in [0.2, 0.25) is 0 Å². The molecule has 10 nitrogen and oxygen atoms in total.